The molecule has 0 saturated carbocycles. The van der Waals surface area contributed by atoms with Crippen LogP contribution in [0.25, 0.3) is 0 Å². The first-order valence-corrected chi connectivity index (χ1v) is 8.77. The summed E-state index contributed by atoms with van der Waals surface area (Å²) in [6, 6.07) is 11.6. The van der Waals surface area contributed by atoms with Crippen molar-refractivity contribution in [2.24, 2.45) is 0 Å². The number of benzene rings is 1. The van der Waals surface area contributed by atoms with Crippen molar-refractivity contribution in [3.05, 3.63) is 53.2 Å². The van der Waals surface area contributed by atoms with E-state index in [0.717, 1.165) is 17.8 Å². The standard InChI is InChI=1S/C17H13ClF3N3OS/c18-14-9-12(17(19,20)21)10-23-16(14)26-11-15(25)24(8-4-7-22)13-5-2-1-3-6-13/h1-3,5-6,9-10H,4,8,11H2. The number of hydrogen-bond donors (Lipinski definition) is 0. The quantitative estimate of drug-likeness (QED) is 0.655. The predicted octanol–water partition coefficient (Wildman–Crippen LogP) is 4.79. The number of anilines is 1. The van der Waals surface area contributed by atoms with E-state index in [1.54, 1.807) is 30.3 Å². The number of pyridine rings is 1. The molecule has 0 N–H and O–H groups in total. The maximum atomic E-state index is 12.6. The molecule has 0 unspecified atom stereocenters. The fourth-order valence-electron chi connectivity index (χ4n) is 2.06. The van der Waals surface area contributed by atoms with E-state index in [9.17, 15) is 18.0 Å². The highest BCUT2D eigenvalue weighted by atomic mass is 35.5. The van der Waals surface area contributed by atoms with Gasteiger partial charge in [0.2, 0.25) is 5.91 Å². The van der Waals surface area contributed by atoms with Crippen LogP contribution in [-0.2, 0) is 11.0 Å². The van der Waals surface area contributed by atoms with Crippen LogP contribution in [0.2, 0.25) is 5.02 Å². The number of aromatic nitrogens is 1. The van der Waals surface area contributed by atoms with Crippen LogP contribution in [0.5, 0.6) is 0 Å². The molecule has 9 heteroatoms. The van der Waals surface area contributed by atoms with Crippen LogP contribution in [0.3, 0.4) is 0 Å². The molecule has 0 aliphatic carbocycles. The van der Waals surface area contributed by atoms with Crippen LogP contribution in [-0.4, -0.2) is 23.2 Å². The molecule has 1 amide bonds. The first-order chi connectivity index (χ1) is 12.3. The minimum Gasteiger partial charge on any atom is -0.311 e. The van der Waals surface area contributed by atoms with Crippen LogP contribution in [0.15, 0.2) is 47.6 Å². The predicted molar refractivity (Wildman–Crippen MR) is 94.0 cm³/mol. The number of halogens is 4. The van der Waals surface area contributed by atoms with Gasteiger partial charge in [0.15, 0.2) is 0 Å². The molecule has 2 aromatic rings. The number of thioether (sulfide) groups is 1. The SMILES string of the molecule is N#CCCN(C(=O)CSc1ncc(C(F)(F)F)cc1Cl)c1ccccc1. The molecule has 1 aromatic heterocycles. The maximum Gasteiger partial charge on any atom is 0.417 e. The Morgan fingerprint density at radius 3 is 2.58 bits per heavy atom. The number of para-hydroxylation sites is 1. The van der Waals surface area contributed by atoms with Gasteiger partial charge in [0.25, 0.3) is 0 Å². The van der Waals surface area contributed by atoms with Gasteiger partial charge in [-0.2, -0.15) is 18.4 Å². The molecule has 26 heavy (non-hydrogen) atoms. The van der Waals surface area contributed by atoms with Gasteiger partial charge in [-0.05, 0) is 18.2 Å². The van der Waals surface area contributed by atoms with Crippen LogP contribution < -0.4 is 4.90 Å². The second kappa shape index (κ2) is 8.92. The number of alkyl halides is 3. The molecule has 2 rings (SSSR count). The lowest BCUT2D eigenvalue weighted by molar-refractivity contribution is -0.137. The topological polar surface area (TPSA) is 57.0 Å². The second-order valence-corrected chi connectivity index (χ2v) is 6.46. The third-order valence-corrected chi connectivity index (χ3v) is 4.67. The number of carbonyl (C=O) groups is 1. The van der Waals surface area contributed by atoms with E-state index in [4.69, 9.17) is 16.9 Å². The largest absolute Gasteiger partial charge is 0.417 e. The molecule has 0 spiro atoms. The van der Waals surface area contributed by atoms with Gasteiger partial charge in [-0.15, -0.1) is 0 Å². The molecule has 0 atom stereocenters. The van der Waals surface area contributed by atoms with E-state index in [1.165, 1.54) is 4.90 Å². The molecule has 4 nitrogen and oxygen atoms in total. The molecular formula is C17H13ClF3N3OS. The summed E-state index contributed by atoms with van der Waals surface area (Å²) < 4.78 is 37.9. The first-order valence-electron chi connectivity index (χ1n) is 7.41. The Morgan fingerprint density at radius 1 is 1.31 bits per heavy atom. The summed E-state index contributed by atoms with van der Waals surface area (Å²) in [5, 5.41) is 8.74. The third-order valence-electron chi connectivity index (χ3n) is 3.28. The highest BCUT2D eigenvalue weighted by molar-refractivity contribution is 8.00. The summed E-state index contributed by atoms with van der Waals surface area (Å²) in [4.78, 5) is 17.7. The van der Waals surface area contributed by atoms with Gasteiger partial charge in [0.05, 0.1) is 28.8 Å². The number of nitriles is 1. The van der Waals surface area contributed by atoms with Crippen LogP contribution in [0, 0.1) is 11.3 Å². The Hall–Kier alpha value is -2.24. The highest BCUT2D eigenvalue weighted by Crippen LogP contribution is 2.33. The van der Waals surface area contributed by atoms with E-state index in [1.807, 2.05) is 6.07 Å². The number of nitrogens with zero attached hydrogens (tertiary/aromatic N) is 3. The number of carbonyl (C=O) groups excluding carboxylic acids is 1. The molecular weight excluding hydrogens is 387 g/mol. The van der Waals surface area contributed by atoms with Gasteiger partial charge in [-0.1, -0.05) is 41.6 Å². The Morgan fingerprint density at radius 2 is 2.00 bits per heavy atom. The van der Waals surface area contributed by atoms with Crippen LogP contribution in [0.1, 0.15) is 12.0 Å². The Balaban J connectivity index is 2.09. The number of amides is 1. The molecule has 0 bridgehead atoms. The fraction of sp³-hybridized carbons (Fsp3) is 0.235. The van der Waals surface area contributed by atoms with Crippen molar-refractivity contribution >= 4 is 35.0 Å². The second-order valence-electron chi connectivity index (χ2n) is 5.09. The summed E-state index contributed by atoms with van der Waals surface area (Å²) in [7, 11) is 0. The number of hydrogen-bond acceptors (Lipinski definition) is 4. The van der Waals surface area contributed by atoms with E-state index in [0.29, 0.717) is 11.9 Å². The fourth-order valence-corrected chi connectivity index (χ4v) is 3.13. The zero-order chi connectivity index (χ0) is 19.2. The van der Waals surface area contributed by atoms with Crippen molar-refractivity contribution in [1.82, 2.24) is 4.98 Å². The zero-order valence-electron chi connectivity index (χ0n) is 13.3. The van der Waals surface area contributed by atoms with Gasteiger partial charge in [-0.25, -0.2) is 4.98 Å². The Labute approximate surface area is 157 Å². The lowest BCUT2D eigenvalue weighted by Crippen LogP contribution is -2.33. The Kier molecular flexibility index (Phi) is 6.89. The van der Waals surface area contributed by atoms with E-state index >= 15 is 0 Å². The van der Waals surface area contributed by atoms with Crippen molar-refractivity contribution in [2.75, 3.05) is 17.2 Å². The van der Waals surface area contributed by atoms with Gasteiger partial charge >= 0.3 is 6.18 Å². The number of rotatable bonds is 6. The summed E-state index contributed by atoms with van der Waals surface area (Å²) in [5.41, 5.74) is -0.307. The highest BCUT2D eigenvalue weighted by Gasteiger charge is 2.31. The normalized spacial score (nSPS) is 11.0. The third kappa shape index (κ3) is 5.38. The van der Waals surface area contributed by atoms with Gasteiger partial charge < -0.3 is 4.90 Å². The summed E-state index contributed by atoms with van der Waals surface area (Å²) in [6.07, 6.45) is -3.69. The summed E-state index contributed by atoms with van der Waals surface area (Å²) in [6.45, 7) is 0.216. The van der Waals surface area contributed by atoms with Crippen LogP contribution >= 0.6 is 23.4 Å². The van der Waals surface area contributed by atoms with Gasteiger partial charge in [0, 0.05) is 18.4 Å². The van der Waals surface area contributed by atoms with Crippen molar-refractivity contribution in [3.63, 3.8) is 0 Å². The average Bonchev–Trinajstić information content (AvgIpc) is 2.61. The maximum absolute atomic E-state index is 12.6. The first kappa shape index (κ1) is 20.1. The monoisotopic (exact) mass is 399 g/mol. The molecule has 136 valence electrons. The lowest BCUT2D eigenvalue weighted by Gasteiger charge is -2.21. The summed E-state index contributed by atoms with van der Waals surface area (Å²) in [5.74, 6) is -0.368. The molecule has 0 fully saturated rings. The minimum absolute atomic E-state index is 0.0710. The van der Waals surface area contributed by atoms with E-state index in [2.05, 4.69) is 4.98 Å². The van der Waals surface area contributed by atoms with Gasteiger partial charge in [0.1, 0.15) is 5.03 Å². The minimum atomic E-state index is -4.53. The Bertz CT molecular complexity index is 809. The average molecular weight is 400 g/mol. The molecule has 0 aliphatic heterocycles. The smallest absolute Gasteiger partial charge is 0.311 e. The van der Waals surface area contributed by atoms with Crippen LogP contribution in [0.4, 0.5) is 18.9 Å². The van der Waals surface area contributed by atoms with E-state index in [-0.39, 0.29) is 34.7 Å². The van der Waals surface area contributed by atoms with Crippen molar-refractivity contribution in [3.8, 4) is 6.07 Å². The molecule has 1 aromatic carbocycles. The molecule has 0 saturated heterocycles. The van der Waals surface area contributed by atoms with Crippen molar-refractivity contribution in [1.29, 1.82) is 5.26 Å². The van der Waals surface area contributed by atoms with Crippen molar-refractivity contribution in [2.45, 2.75) is 17.6 Å². The molecule has 0 aliphatic rings. The summed E-state index contributed by atoms with van der Waals surface area (Å²) >= 11 is 6.79. The van der Waals surface area contributed by atoms with Crippen molar-refractivity contribution < 1.29 is 18.0 Å². The van der Waals surface area contributed by atoms with Gasteiger partial charge in [-0.3, -0.25) is 4.79 Å². The van der Waals surface area contributed by atoms with E-state index < -0.39 is 11.7 Å². The molecule has 0 radical (unpaired) electrons. The molecule has 1 heterocycles. The zero-order valence-corrected chi connectivity index (χ0v) is 14.9. The lowest BCUT2D eigenvalue weighted by atomic mass is 10.2.